The summed E-state index contributed by atoms with van der Waals surface area (Å²) in [6, 6.07) is 16.6. The first-order valence-electron chi connectivity index (χ1n) is 9.15. The molecule has 1 amide bonds. The molecule has 9 heteroatoms. The second kappa shape index (κ2) is 10.1. The molecule has 5 nitrogen and oxygen atoms in total. The number of benzene rings is 2. The van der Waals surface area contributed by atoms with E-state index < -0.39 is 28.3 Å². The van der Waals surface area contributed by atoms with E-state index in [4.69, 9.17) is 0 Å². The Kier molecular flexibility index (Phi) is 7.52. The molecule has 3 rings (SSSR count). The summed E-state index contributed by atoms with van der Waals surface area (Å²) < 4.78 is 41.2. The molecule has 30 heavy (non-hydrogen) atoms. The molecule has 158 valence electrons. The Morgan fingerprint density at radius 1 is 1.10 bits per heavy atom. The molecule has 0 aliphatic rings. The molecule has 0 radical (unpaired) electrons. The zero-order valence-electron chi connectivity index (χ0n) is 16.2. The van der Waals surface area contributed by atoms with E-state index >= 15 is 0 Å². The Morgan fingerprint density at radius 3 is 2.50 bits per heavy atom. The number of carbonyl (C=O) groups excluding carboxylic acids is 1. The molecule has 0 aliphatic heterocycles. The number of nitrogens with one attached hydrogen (secondary N) is 1. The second-order valence-electron chi connectivity index (χ2n) is 6.41. The number of sulfonamides is 1. The van der Waals surface area contributed by atoms with Crippen molar-refractivity contribution in [3.63, 3.8) is 0 Å². The van der Waals surface area contributed by atoms with E-state index in [9.17, 15) is 17.6 Å². The first-order chi connectivity index (χ1) is 14.4. The molecular formula is C21H21FN2O3S3. The highest BCUT2D eigenvalue weighted by Gasteiger charge is 2.29. The van der Waals surface area contributed by atoms with Crippen molar-refractivity contribution in [2.75, 3.05) is 23.1 Å². The number of thiophene rings is 1. The summed E-state index contributed by atoms with van der Waals surface area (Å²) in [6.45, 7) is 1.87. The summed E-state index contributed by atoms with van der Waals surface area (Å²) in [5.41, 5.74) is 1.02. The number of rotatable bonds is 9. The summed E-state index contributed by atoms with van der Waals surface area (Å²) in [7, 11) is -4.06. The predicted molar refractivity (Wildman–Crippen MR) is 120 cm³/mol. The molecule has 3 aromatic rings. The van der Waals surface area contributed by atoms with Crippen LogP contribution in [0.4, 0.5) is 10.1 Å². The van der Waals surface area contributed by atoms with Gasteiger partial charge in [-0.05, 0) is 42.6 Å². The number of nitrogens with zero attached hydrogens (tertiary/aromatic N) is 1. The Hall–Kier alpha value is -2.36. The zero-order valence-corrected chi connectivity index (χ0v) is 18.7. The largest absolute Gasteiger partial charge is 0.354 e. The van der Waals surface area contributed by atoms with Crippen LogP contribution in [0.5, 0.6) is 0 Å². The quantitative estimate of drug-likeness (QED) is 0.379. The van der Waals surface area contributed by atoms with Gasteiger partial charge in [0.05, 0.1) is 5.69 Å². The lowest BCUT2D eigenvalue weighted by Gasteiger charge is -2.23. The van der Waals surface area contributed by atoms with Crippen LogP contribution in [0.2, 0.25) is 0 Å². The molecule has 0 saturated heterocycles. The maximum Gasteiger partial charge on any atom is 0.274 e. The Morgan fingerprint density at radius 2 is 1.83 bits per heavy atom. The SMILES string of the molecule is Cc1ccc(SCCNC(=O)CN(c2ccccc2F)S(=O)(=O)c2cccs2)cc1. The molecule has 1 N–H and O–H groups in total. The van der Waals surface area contributed by atoms with Crippen LogP contribution in [0.25, 0.3) is 0 Å². The van der Waals surface area contributed by atoms with Crippen molar-refractivity contribution in [2.24, 2.45) is 0 Å². The van der Waals surface area contributed by atoms with Gasteiger partial charge in [0.2, 0.25) is 5.91 Å². The number of aryl methyl sites for hydroxylation is 1. The number of hydrogen-bond donors (Lipinski definition) is 1. The molecule has 2 aromatic carbocycles. The van der Waals surface area contributed by atoms with E-state index in [0.717, 1.165) is 20.5 Å². The number of carbonyl (C=O) groups is 1. The van der Waals surface area contributed by atoms with Crippen LogP contribution in [-0.4, -0.2) is 33.2 Å². The van der Waals surface area contributed by atoms with Gasteiger partial charge in [-0.3, -0.25) is 9.10 Å². The minimum Gasteiger partial charge on any atom is -0.354 e. The van der Waals surface area contributed by atoms with Gasteiger partial charge in [-0.2, -0.15) is 0 Å². The number of anilines is 1. The van der Waals surface area contributed by atoms with E-state index in [1.165, 1.54) is 35.9 Å². The third-order valence-corrected chi connectivity index (χ3v) is 8.31. The van der Waals surface area contributed by atoms with Crippen LogP contribution in [-0.2, 0) is 14.8 Å². The summed E-state index contributed by atoms with van der Waals surface area (Å²) in [6.07, 6.45) is 0. The smallest absolute Gasteiger partial charge is 0.274 e. The van der Waals surface area contributed by atoms with Crippen molar-refractivity contribution in [3.05, 3.63) is 77.4 Å². The van der Waals surface area contributed by atoms with Crippen molar-refractivity contribution in [1.82, 2.24) is 5.32 Å². The third kappa shape index (κ3) is 5.62. The summed E-state index contributed by atoms with van der Waals surface area (Å²) in [5.74, 6) is -0.574. The highest BCUT2D eigenvalue weighted by atomic mass is 32.2. The second-order valence-corrected chi connectivity index (χ2v) is 10.6. The number of hydrogen-bond acceptors (Lipinski definition) is 5. The average molecular weight is 465 g/mol. The highest BCUT2D eigenvalue weighted by molar-refractivity contribution is 7.99. The zero-order chi connectivity index (χ0) is 21.6. The van der Waals surface area contributed by atoms with Crippen molar-refractivity contribution in [3.8, 4) is 0 Å². The Balaban J connectivity index is 1.66. The minimum atomic E-state index is -4.06. The first-order valence-corrected chi connectivity index (χ1v) is 12.5. The van der Waals surface area contributed by atoms with E-state index in [-0.39, 0.29) is 9.90 Å². The maximum absolute atomic E-state index is 14.3. The van der Waals surface area contributed by atoms with E-state index in [2.05, 4.69) is 5.32 Å². The van der Waals surface area contributed by atoms with Crippen molar-refractivity contribution >= 4 is 44.7 Å². The Labute approximate surface area is 184 Å². The van der Waals surface area contributed by atoms with Crippen LogP contribution in [0, 0.1) is 12.7 Å². The van der Waals surface area contributed by atoms with Gasteiger partial charge in [0, 0.05) is 17.2 Å². The van der Waals surface area contributed by atoms with Gasteiger partial charge >= 0.3 is 0 Å². The molecule has 1 aromatic heterocycles. The van der Waals surface area contributed by atoms with Crippen LogP contribution in [0.15, 0.2) is 75.1 Å². The van der Waals surface area contributed by atoms with Gasteiger partial charge in [0.1, 0.15) is 16.6 Å². The first kappa shape index (κ1) is 22.3. The fourth-order valence-electron chi connectivity index (χ4n) is 2.65. The molecule has 0 atom stereocenters. The lowest BCUT2D eigenvalue weighted by molar-refractivity contribution is -0.119. The molecule has 0 spiro atoms. The van der Waals surface area contributed by atoms with Crippen LogP contribution < -0.4 is 9.62 Å². The van der Waals surface area contributed by atoms with E-state index in [1.54, 1.807) is 23.2 Å². The van der Waals surface area contributed by atoms with Crippen molar-refractivity contribution in [1.29, 1.82) is 0 Å². The van der Waals surface area contributed by atoms with Crippen LogP contribution in [0.3, 0.4) is 0 Å². The fraction of sp³-hybridized carbons (Fsp3) is 0.190. The topological polar surface area (TPSA) is 66.5 Å². The number of halogens is 1. The monoisotopic (exact) mass is 464 g/mol. The number of amides is 1. The molecule has 0 aliphatic carbocycles. The molecule has 0 saturated carbocycles. The van der Waals surface area contributed by atoms with Crippen LogP contribution >= 0.6 is 23.1 Å². The van der Waals surface area contributed by atoms with Crippen LogP contribution in [0.1, 0.15) is 5.56 Å². The Bertz CT molecular complexity index is 1080. The highest BCUT2D eigenvalue weighted by Crippen LogP contribution is 2.28. The molecular weight excluding hydrogens is 443 g/mol. The third-order valence-electron chi connectivity index (χ3n) is 4.16. The number of para-hydroxylation sites is 1. The lowest BCUT2D eigenvalue weighted by Crippen LogP contribution is -2.41. The van der Waals surface area contributed by atoms with E-state index in [0.29, 0.717) is 12.3 Å². The summed E-state index contributed by atoms with van der Waals surface area (Å²) >= 11 is 2.61. The molecule has 1 heterocycles. The molecule has 0 fully saturated rings. The predicted octanol–water partition coefficient (Wildman–Crippen LogP) is 4.30. The van der Waals surface area contributed by atoms with Crippen molar-refractivity contribution < 1.29 is 17.6 Å². The number of thioether (sulfide) groups is 1. The summed E-state index contributed by atoms with van der Waals surface area (Å²) in [5, 5.41) is 4.34. The minimum absolute atomic E-state index is 0.0495. The molecule has 0 bridgehead atoms. The van der Waals surface area contributed by atoms with Gasteiger partial charge in [-0.25, -0.2) is 12.8 Å². The van der Waals surface area contributed by atoms with Gasteiger partial charge < -0.3 is 5.32 Å². The summed E-state index contributed by atoms with van der Waals surface area (Å²) in [4.78, 5) is 13.6. The standard InChI is InChI=1S/C21H21FN2O3S3/c1-16-8-10-17(11-9-16)28-14-12-23-20(25)15-24(19-6-3-2-5-18(19)22)30(26,27)21-7-4-13-29-21/h2-11,13H,12,14-15H2,1H3,(H,23,25). The van der Waals surface area contributed by atoms with Crippen molar-refractivity contribution in [2.45, 2.75) is 16.0 Å². The van der Waals surface area contributed by atoms with Gasteiger partial charge in [0.15, 0.2) is 0 Å². The average Bonchev–Trinajstić information content (AvgIpc) is 3.27. The van der Waals surface area contributed by atoms with Gasteiger partial charge in [-0.15, -0.1) is 23.1 Å². The lowest BCUT2D eigenvalue weighted by atomic mass is 10.2. The maximum atomic E-state index is 14.3. The van der Waals surface area contributed by atoms with E-state index in [1.807, 2.05) is 31.2 Å². The fourth-order valence-corrected chi connectivity index (χ4v) is 5.95. The van der Waals surface area contributed by atoms with Gasteiger partial charge in [0.25, 0.3) is 10.0 Å². The van der Waals surface area contributed by atoms with Gasteiger partial charge in [-0.1, -0.05) is 35.9 Å². The molecule has 0 unspecified atom stereocenters. The normalized spacial score (nSPS) is 11.3.